The lowest BCUT2D eigenvalue weighted by molar-refractivity contribution is 0.0477. The molecule has 28 heavy (non-hydrogen) atoms. The molecule has 0 bridgehead atoms. The van der Waals surface area contributed by atoms with E-state index < -0.39 is 29.0 Å². The molecule has 1 atom stereocenters. The third-order valence-electron chi connectivity index (χ3n) is 3.62. The maximum Gasteiger partial charge on any atom is 0.408 e. The number of carbonyl (C=O) groups excluding carboxylic acids is 1. The number of aromatic amines is 2. The summed E-state index contributed by atoms with van der Waals surface area (Å²) in [5.74, 6) is 0.469. The third kappa shape index (κ3) is 5.98. The molecule has 0 unspecified atom stereocenters. The van der Waals surface area contributed by atoms with Crippen molar-refractivity contribution in [2.45, 2.75) is 64.2 Å². The number of carbonyl (C=O) groups is 1. The molecule has 11 heteroatoms. The molecule has 0 fully saturated rings. The summed E-state index contributed by atoms with van der Waals surface area (Å²) in [5, 5.41) is 11.0. The van der Waals surface area contributed by atoms with Gasteiger partial charge in [-0.05, 0) is 33.6 Å². The topological polar surface area (TPSA) is 143 Å². The van der Waals surface area contributed by atoms with Crippen molar-refractivity contribution in [1.29, 1.82) is 0 Å². The van der Waals surface area contributed by atoms with Gasteiger partial charge in [-0.25, -0.2) is 9.59 Å². The van der Waals surface area contributed by atoms with Crippen molar-refractivity contribution in [1.82, 2.24) is 25.5 Å². The van der Waals surface area contributed by atoms with Crippen molar-refractivity contribution in [2.24, 2.45) is 5.92 Å². The largest absolute Gasteiger partial charge is 0.444 e. The number of alkyl carbamates (subject to hydrolysis) is 1. The molecule has 0 spiro atoms. The predicted octanol–water partition coefficient (Wildman–Crippen LogP) is 2.27. The lowest BCUT2D eigenvalue weighted by Gasteiger charge is -2.23. The van der Waals surface area contributed by atoms with E-state index in [0.717, 1.165) is 11.8 Å². The van der Waals surface area contributed by atoms with Crippen LogP contribution < -0.4 is 16.6 Å². The summed E-state index contributed by atoms with van der Waals surface area (Å²) in [7, 11) is 0. The summed E-state index contributed by atoms with van der Waals surface area (Å²) in [6, 6.07) is -0.519. The Hall–Kier alpha value is -2.56. The van der Waals surface area contributed by atoms with Crippen LogP contribution in [0.2, 0.25) is 0 Å². The standard InChI is InChI=1S/C17H25N5O5S/c1-8(2)11(19-15(25)27-17(4,5)6)13-21-22-16(26-13)28-7-10-9(3)18-14(24)20-12(10)23/h8,11H,7H2,1-6H3,(H,19,25)(H2,18,20,23,24)/t11-/m0/s1. The number of amides is 1. The Morgan fingerprint density at radius 3 is 2.50 bits per heavy atom. The summed E-state index contributed by atoms with van der Waals surface area (Å²) in [5.41, 5.74) is -0.739. The van der Waals surface area contributed by atoms with Gasteiger partial charge in [-0.2, -0.15) is 0 Å². The Balaban J connectivity index is 2.09. The second-order valence-corrected chi connectivity index (χ2v) is 8.50. The number of H-pyrrole nitrogens is 2. The Morgan fingerprint density at radius 1 is 1.25 bits per heavy atom. The summed E-state index contributed by atoms with van der Waals surface area (Å²) < 4.78 is 10.9. The minimum Gasteiger partial charge on any atom is -0.444 e. The number of nitrogens with zero attached hydrogens (tertiary/aromatic N) is 2. The Kier molecular flexibility index (Phi) is 6.70. The van der Waals surface area contributed by atoms with E-state index in [1.54, 1.807) is 27.7 Å². The first-order valence-corrected chi connectivity index (χ1v) is 9.72. The van der Waals surface area contributed by atoms with Crippen LogP contribution in [0, 0.1) is 12.8 Å². The summed E-state index contributed by atoms with van der Waals surface area (Å²) >= 11 is 1.16. The van der Waals surface area contributed by atoms with Crippen LogP contribution in [0.25, 0.3) is 0 Å². The quantitative estimate of drug-likeness (QED) is 0.614. The molecule has 0 saturated heterocycles. The summed E-state index contributed by atoms with van der Waals surface area (Å²) in [6.07, 6.45) is -0.575. The summed E-state index contributed by atoms with van der Waals surface area (Å²) in [6.45, 7) is 10.8. The van der Waals surface area contributed by atoms with Gasteiger partial charge in [-0.3, -0.25) is 9.78 Å². The number of aromatic nitrogens is 4. The van der Waals surface area contributed by atoms with Crippen LogP contribution >= 0.6 is 11.8 Å². The number of nitrogens with one attached hydrogen (secondary N) is 3. The van der Waals surface area contributed by atoms with E-state index in [1.807, 2.05) is 13.8 Å². The molecule has 2 heterocycles. The first-order valence-electron chi connectivity index (χ1n) is 8.74. The van der Waals surface area contributed by atoms with E-state index in [2.05, 4.69) is 25.5 Å². The molecule has 0 radical (unpaired) electrons. The monoisotopic (exact) mass is 411 g/mol. The fourth-order valence-electron chi connectivity index (χ4n) is 2.29. The molecule has 2 aromatic rings. The lowest BCUT2D eigenvalue weighted by atomic mass is 10.1. The smallest absolute Gasteiger partial charge is 0.408 e. The zero-order valence-electron chi connectivity index (χ0n) is 16.7. The Bertz CT molecular complexity index is 940. The molecule has 0 aliphatic rings. The van der Waals surface area contributed by atoms with Gasteiger partial charge >= 0.3 is 11.8 Å². The molecule has 2 aromatic heterocycles. The molecule has 1 amide bonds. The van der Waals surface area contributed by atoms with E-state index in [1.165, 1.54) is 0 Å². The minimum atomic E-state index is -0.622. The van der Waals surface area contributed by atoms with E-state index >= 15 is 0 Å². The highest BCUT2D eigenvalue weighted by Gasteiger charge is 2.27. The second kappa shape index (κ2) is 8.63. The fraction of sp³-hybridized carbons (Fsp3) is 0.588. The molecule has 0 saturated carbocycles. The zero-order valence-corrected chi connectivity index (χ0v) is 17.5. The molecule has 2 rings (SSSR count). The Morgan fingerprint density at radius 2 is 1.93 bits per heavy atom. The van der Waals surface area contributed by atoms with E-state index in [0.29, 0.717) is 11.3 Å². The van der Waals surface area contributed by atoms with Crippen LogP contribution in [0.5, 0.6) is 0 Å². The van der Waals surface area contributed by atoms with Crippen molar-refractivity contribution >= 4 is 17.9 Å². The molecule has 154 valence electrons. The van der Waals surface area contributed by atoms with Gasteiger partial charge < -0.3 is 19.5 Å². The molecule has 0 aliphatic heterocycles. The maximum atomic E-state index is 12.1. The average molecular weight is 411 g/mol. The second-order valence-electron chi connectivity index (χ2n) is 7.57. The van der Waals surface area contributed by atoms with Crippen molar-refractivity contribution in [3.63, 3.8) is 0 Å². The van der Waals surface area contributed by atoms with Gasteiger partial charge in [0, 0.05) is 17.0 Å². The molecule has 10 nitrogen and oxygen atoms in total. The van der Waals surface area contributed by atoms with Gasteiger partial charge in [-0.15, -0.1) is 10.2 Å². The van der Waals surface area contributed by atoms with Crippen LogP contribution in [-0.4, -0.2) is 31.9 Å². The van der Waals surface area contributed by atoms with E-state index in [4.69, 9.17) is 9.15 Å². The van der Waals surface area contributed by atoms with E-state index in [9.17, 15) is 14.4 Å². The molecular weight excluding hydrogens is 386 g/mol. The van der Waals surface area contributed by atoms with Crippen LogP contribution in [0.4, 0.5) is 4.79 Å². The van der Waals surface area contributed by atoms with Crippen molar-refractivity contribution in [3.8, 4) is 0 Å². The maximum absolute atomic E-state index is 12.1. The first kappa shape index (κ1) is 21.7. The molecule has 3 N–H and O–H groups in total. The van der Waals surface area contributed by atoms with Crippen LogP contribution in [0.15, 0.2) is 19.2 Å². The highest BCUT2D eigenvalue weighted by atomic mass is 32.2. The van der Waals surface area contributed by atoms with Crippen LogP contribution in [-0.2, 0) is 10.5 Å². The van der Waals surface area contributed by atoms with E-state index in [-0.39, 0.29) is 22.8 Å². The van der Waals surface area contributed by atoms with Gasteiger partial charge in [0.1, 0.15) is 11.6 Å². The van der Waals surface area contributed by atoms with Crippen LogP contribution in [0.1, 0.15) is 57.8 Å². The highest BCUT2D eigenvalue weighted by molar-refractivity contribution is 7.98. The van der Waals surface area contributed by atoms with Crippen molar-refractivity contribution in [2.75, 3.05) is 0 Å². The number of rotatable bonds is 6. The minimum absolute atomic E-state index is 0.0184. The first-order chi connectivity index (χ1) is 13.0. The van der Waals surface area contributed by atoms with Crippen molar-refractivity contribution in [3.05, 3.63) is 38.0 Å². The molecule has 0 aromatic carbocycles. The SMILES string of the molecule is Cc1[nH]c(=O)[nH]c(=O)c1CSc1nnc([C@@H](NC(=O)OC(C)(C)C)C(C)C)o1. The fourth-order valence-corrected chi connectivity index (χ4v) is 3.14. The lowest BCUT2D eigenvalue weighted by Crippen LogP contribution is -2.37. The van der Waals surface area contributed by atoms with Gasteiger partial charge in [0.2, 0.25) is 5.89 Å². The predicted molar refractivity (Wildman–Crippen MR) is 103 cm³/mol. The average Bonchev–Trinajstić information content (AvgIpc) is 2.98. The molecule has 0 aliphatic carbocycles. The number of hydrogen-bond donors (Lipinski definition) is 3. The number of aryl methyl sites for hydroxylation is 1. The van der Waals surface area contributed by atoms with Gasteiger partial charge in [-0.1, -0.05) is 25.6 Å². The summed E-state index contributed by atoms with van der Waals surface area (Å²) in [4.78, 5) is 40.0. The van der Waals surface area contributed by atoms with Crippen LogP contribution in [0.3, 0.4) is 0 Å². The third-order valence-corrected chi connectivity index (χ3v) is 4.47. The van der Waals surface area contributed by atoms with Gasteiger partial charge in [0.25, 0.3) is 10.8 Å². The Labute approximate surface area is 165 Å². The highest BCUT2D eigenvalue weighted by Crippen LogP contribution is 2.26. The number of hydrogen-bond acceptors (Lipinski definition) is 8. The van der Waals surface area contributed by atoms with Gasteiger partial charge in [0.15, 0.2) is 0 Å². The number of thioether (sulfide) groups is 1. The normalized spacial score (nSPS) is 12.8. The number of ether oxygens (including phenoxy) is 1. The van der Waals surface area contributed by atoms with Crippen molar-refractivity contribution < 1.29 is 13.9 Å². The molecular formula is C17H25N5O5S. The van der Waals surface area contributed by atoms with Gasteiger partial charge in [0.05, 0.1) is 0 Å². The zero-order chi connectivity index (χ0) is 21.1.